The Kier molecular flexibility index (Phi) is 4.25. The molecular formula is C19H16N2O. The van der Waals surface area contributed by atoms with Crippen molar-refractivity contribution in [2.45, 2.75) is 6.42 Å². The van der Waals surface area contributed by atoms with Gasteiger partial charge in [-0.25, -0.2) is 0 Å². The molecule has 0 aliphatic carbocycles. The van der Waals surface area contributed by atoms with Crippen molar-refractivity contribution < 1.29 is 4.79 Å². The molecule has 0 aliphatic heterocycles. The van der Waals surface area contributed by atoms with E-state index in [9.17, 15) is 4.79 Å². The summed E-state index contributed by atoms with van der Waals surface area (Å²) in [6.45, 7) is 0. The molecule has 0 radical (unpaired) electrons. The normalized spacial score (nSPS) is 10.2. The maximum atomic E-state index is 12.3. The van der Waals surface area contributed by atoms with E-state index in [1.54, 1.807) is 24.5 Å². The number of aromatic nitrogens is 1. The van der Waals surface area contributed by atoms with Crippen LogP contribution in [0.4, 0.5) is 5.69 Å². The van der Waals surface area contributed by atoms with Crippen LogP contribution in [-0.2, 0) is 6.42 Å². The molecule has 0 spiro atoms. The minimum Gasteiger partial charge on any atom is -0.322 e. The molecule has 0 unspecified atom stereocenters. The summed E-state index contributed by atoms with van der Waals surface area (Å²) in [6, 6.07) is 21.6. The summed E-state index contributed by atoms with van der Waals surface area (Å²) in [5, 5.41) is 2.97. The standard InChI is InChI=1S/C19H16N2O/c22-19(17-10-6-12-20-14-17)21-18-11-5-4-9-16(18)13-15-7-2-1-3-8-15/h1-12,14H,13H2,(H,21,22). The van der Waals surface area contributed by atoms with Gasteiger partial charge in [0.2, 0.25) is 0 Å². The molecule has 0 aliphatic rings. The molecule has 1 heterocycles. The molecule has 3 aromatic rings. The lowest BCUT2D eigenvalue weighted by Crippen LogP contribution is -2.13. The van der Waals surface area contributed by atoms with Gasteiger partial charge in [-0.1, -0.05) is 48.5 Å². The van der Waals surface area contributed by atoms with Crippen molar-refractivity contribution >= 4 is 11.6 Å². The van der Waals surface area contributed by atoms with Crippen molar-refractivity contribution in [1.82, 2.24) is 4.98 Å². The summed E-state index contributed by atoms with van der Waals surface area (Å²) in [5.74, 6) is -0.145. The molecule has 1 amide bonds. The predicted molar refractivity (Wildman–Crippen MR) is 87.9 cm³/mol. The lowest BCUT2D eigenvalue weighted by atomic mass is 10.0. The number of rotatable bonds is 4. The number of nitrogens with zero attached hydrogens (tertiary/aromatic N) is 1. The third kappa shape index (κ3) is 3.38. The van der Waals surface area contributed by atoms with Crippen molar-refractivity contribution in [2.24, 2.45) is 0 Å². The number of benzene rings is 2. The van der Waals surface area contributed by atoms with Gasteiger partial charge in [0.25, 0.3) is 5.91 Å². The van der Waals surface area contributed by atoms with Crippen molar-refractivity contribution in [1.29, 1.82) is 0 Å². The molecule has 0 saturated heterocycles. The zero-order chi connectivity index (χ0) is 15.2. The monoisotopic (exact) mass is 288 g/mol. The molecule has 3 heteroatoms. The van der Waals surface area contributed by atoms with Crippen LogP contribution in [0.25, 0.3) is 0 Å². The van der Waals surface area contributed by atoms with Crippen LogP contribution in [0.3, 0.4) is 0 Å². The Morgan fingerprint density at radius 1 is 0.909 bits per heavy atom. The van der Waals surface area contributed by atoms with E-state index in [4.69, 9.17) is 0 Å². The van der Waals surface area contributed by atoms with Gasteiger partial charge in [0.05, 0.1) is 5.56 Å². The Labute approximate surface area is 129 Å². The zero-order valence-electron chi connectivity index (χ0n) is 12.1. The van der Waals surface area contributed by atoms with Gasteiger partial charge in [0.1, 0.15) is 0 Å². The topological polar surface area (TPSA) is 42.0 Å². The van der Waals surface area contributed by atoms with E-state index in [1.165, 1.54) is 5.56 Å². The van der Waals surface area contributed by atoms with Gasteiger partial charge in [-0.05, 0) is 35.7 Å². The first-order valence-electron chi connectivity index (χ1n) is 7.16. The Morgan fingerprint density at radius 2 is 1.68 bits per heavy atom. The van der Waals surface area contributed by atoms with Crippen LogP contribution in [-0.4, -0.2) is 10.9 Å². The van der Waals surface area contributed by atoms with E-state index in [2.05, 4.69) is 22.4 Å². The molecule has 3 rings (SSSR count). The third-order valence-electron chi connectivity index (χ3n) is 3.43. The van der Waals surface area contributed by atoms with Crippen molar-refractivity contribution in [3.05, 3.63) is 95.8 Å². The summed E-state index contributed by atoms with van der Waals surface area (Å²) in [7, 11) is 0. The predicted octanol–water partition coefficient (Wildman–Crippen LogP) is 3.92. The Bertz CT molecular complexity index is 755. The molecule has 0 atom stereocenters. The fourth-order valence-corrected chi connectivity index (χ4v) is 2.30. The van der Waals surface area contributed by atoms with Crippen LogP contribution in [0.1, 0.15) is 21.5 Å². The van der Waals surface area contributed by atoms with Gasteiger partial charge in [-0.15, -0.1) is 0 Å². The molecule has 0 bridgehead atoms. The molecule has 2 aromatic carbocycles. The number of pyridine rings is 1. The molecule has 0 fully saturated rings. The van der Waals surface area contributed by atoms with E-state index in [-0.39, 0.29) is 5.91 Å². The maximum absolute atomic E-state index is 12.3. The van der Waals surface area contributed by atoms with Gasteiger partial charge in [-0.3, -0.25) is 9.78 Å². The number of carbonyl (C=O) groups excluding carboxylic acids is 1. The van der Waals surface area contributed by atoms with E-state index < -0.39 is 0 Å². The van der Waals surface area contributed by atoms with Crippen LogP contribution in [0.15, 0.2) is 79.1 Å². The van der Waals surface area contributed by atoms with Crippen molar-refractivity contribution in [3.63, 3.8) is 0 Å². The van der Waals surface area contributed by atoms with E-state index in [1.807, 2.05) is 42.5 Å². The summed E-state index contributed by atoms with van der Waals surface area (Å²) in [5.41, 5.74) is 3.69. The van der Waals surface area contributed by atoms with Crippen LogP contribution < -0.4 is 5.32 Å². The summed E-state index contributed by atoms with van der Waals surface area (Å²) in [4.78, 5) is 16.2. The minimum absolute atomic E-state index is 0.145. The smallest absolute Gasteiger partial charge is 0.257 e. The van der Waals surface area contributed by atoms with Gasteiger partial charge >= 0.3 is 0 Å². The van der Waals surface area contributed by atoms with Gasteiger partial charge in [-0.2, -0.15) is 0 Å². The SMILES string of the molecule is O=C(Nc1ccccc1Cc1ccccc1)c1cccnc1. The fraction of sp³-hybridized carbons (Fsp3) is 0.0526. The van der Waals surface area contributed by atoms with Gasteiger partial charge in [0, 0.05) is 18.1 Å². The second-order valence-corrected chi connectivity index (χ2v) is 5.02. The highest BCUT2D eigenvalue weighted by atomic mass is 16.1. The highest BCUT2D eigenvalue weighted by Crippen LogP contribution is 2.19. The lowest BCUT2D eigenvalue weighted by molar-refractivity contribution is 0.102. The quantitative estimate of drug-likeness (QED) is 0.790. The number of nitrogens with one attached hydrogen (secondary N) is 1. The number of hydrogen-bond donors (Lipinski definition) is 1. The average Bonchev–Trinajstić information content (AvgIpc) is 2.58. The summed E-state index contributed by atoms with van der Waals surface area (Å²) >= 11 is 0. The van der Waals surface area contributed by atoms with E-state index >= 15 is 0 Å². The largest absolute Gasteiger partial charge is 0.322 e. The van der Waals surface area contributed by atoms with E-state index in [0.717, 1.165) is 17.7 Å². The molecule has 1 N–H and O–H groups in total. The first kappa shape index (κ1) is 14.0. The lowest BCUT2D eigenvalue weighted by Gasteiger charge is -2.11. The molecule has 1 aromatic heterocycles. The molecular weight excluding hydrogens is 272 g/mol. The second kappa shape index (κ2) is 6.68. The Hall–Kier alpha value is -2.94. The maximum Gasteiger partial charge on any atom is 0.257 e. The second-order valence-electron chi connectivity index (χ2n) is 5.02. The summed E-state index contributed by atoms with van der Waals surface area (Å²) < 4.78 is 0. The van der Waals surface area contributed by atoms with E-state index in [0.29, 0.717) is 5.56 Å². The Morgan fingerprint density at radius 3 is 2.45 bits per heavy atom. The number of hydrogen-bond acceptors (Lipinski definition) is 2. The zero-order valence-corrected chi connectivity index (χ0v) is 12.1. The van der Waals surface area contributed by atoms with Crippen LogP contribution in [0.5, 0.6) is 0 Å². The van der Waals surface area contributed by atoms with Crippen LogP contribution in [0, 0.1) is 0 Å². The van der Waals surface area contributed by atoms with Gasteiger partial charge in [0.15, 0.2) is 0 Å². The summed E-state index contributed by atoms with van der Waals surface area (Å²) in [6.07, 6.45) is 4.00. The highest BCUT2D eigenvalue weighted by molar-refractivity contribution is 6.04. The average molecular weight is 288 g/mol. The molecule has 22 heavy (non-hydrogen) atoms. The van der Waals surface area contributed by atoms with Crippen molar-refractivity contribution in [2.75, 3.05) is 5.32 Å². The third-order valence-corrected chi connectivity index (χ3v) is 3.43. The number of para-hydroxylation sites is 1. The highest BCUT2D eigenvalue weighted by Gasteiger charge is 2.09. The van der Waals surface area contributed by atoms with Crippen molar-refractivity contribution in [3.8, 4) is 0 Å². The molecule has 3 nitrogen and oxygen atoms in total. The molecule has 0 saturated carbocycles. The first-order chi connectivity index (χ1) is 10.8. The fourth-order valence-electron chi connectivity index (χ4n) is 2.30. The first-order valence-corrected chi connectivity index (χ1v) is 7.16. The van der Waals surface area contributed by atoms with Crippen LogP contribution >= 0.6 is 0 Å². The van der Waals surface area contributed by atoms with Crippen LogP contribution in [0.2, 0.25) is 0 Å². The number of amides is 1. The molecule has 108 valence electrons. The number of carbonyl (C=O) groups is 1. The number of anilines is 1. The minimum atomic E-state index is -0.145. The Balaban J connectivity index is 1.81. The van der Waals surface area contributed by atoms with Gasteiger partial charge < -0.3 is 5.32 Å².